The second-order valence-electron chi connectivity index (χ2n) is 4.85. The second kappa shape index (κ2) is 6.69. The molecule has 0 unspecified atom stereocenters. The third-order valence-corrected chi connectivity index (χ3v) is 3.33. The number of carbonyl (C=O) groups excluding carboxylic acids is 1. The standard InChI is InChI=1S/C17H17N3O/c1-20(15-9-7-14(12-18)8-10-15)17(21)16(19)11-13-5-3-2-4-6-13/h2-10,16H,11,19H2,1H3/t16-/m0/s1. The summed E-state index contributed by atoms with van der Waals surface area (Å²) in [6.45, 7) is 0. The minimum atomic E-state index is -0.590. The van der Waals surface area contributed by atoms with Gasteiger partial charge in [-0.25, -0.2) is 0 Å². The maximum atomic E-state index is 12.3. The molecule has 106 valence electrons. The van der Waals surface area contributed by atoms with E-state index in [1.165, 1.54) is 4.90 Å². The summed E-state index contributed by atoms with van der Waals surface area (Å²) >= 11 is 0. The lowest BCUT2D eigenvalue weighted by Gasteiger charge is -2.21. The van der Waals surface area contributed by atoms with Crippen molar-refractivity contribution in [3.05, 3.63) is 65.7 Å². The number of nitrogens with two attached hydrogens (primary N) is 1. The molecular formula is C17H17N3O. The molecule has 0 aliphatic heterocycles. The molecule has 0 radical (unpaired) electrons. The van der Waals surface area contributed by atoms with Crippen LogP contribution in [0.3, 0.4) is 0 Å². The number of hydrogen-bond donors (Lipinski definition) is 1. The van der Waals surface area contributed by atoms with Crippen molar-refractivity contribution in [2.45, 2.75) is 12.5 Å². The van der Waals surface area contributed by atoms with Crippen LogP contribution in [0.25, 0.3) is 0 Å². The molecule has 1 atom stereocenters. The Balaban J connectivity index is 2.05. The van der Waals surface area contributed by atoms with Gasteiger partial charge in [0.05, 0.1) is 17.7 Å². The third-order valence-electron chi connectivity index (χ3n) is 3.33. The molecule has 0 fully saturated rings. The van der Waals surface area contributed by atoms with E-state index in [9.17, 15) is 4.79 Å². The van der Waals surface area contributed by atoms with Gasteiger partial charge in [-0.2, -0.15) is 5.26 Å². The summed E-state index contributed by atoms with van der Waals surface area (Å²) in [6, 6.07) is 18.0. The Morgan fingerprint density at radius 3 is 2.38 bits per heavy atom. The number of hydrogen-bond acceptors (Lipinski definition) is 3. The topological polar surface area (TPSA) is 70.1 Å². The lowest BCUT2D eigenvalue weighted by atomic mass is 10.1. The number of amides is 1. The van der Waals surface area contributed by atoms with Gasteiger partial charge in [0.2, 0.25) is 5.91 Å². The number of likely N-dealkylation sites (N-methyl/N-ethyl adjacent to an activating group) is 1. The summed E-state index contributed by atoms with van der Waals surface area (Å²) in [4.78, 5) is 13.9. The van der Waals surface area contributed by atoms with Gasteiger partial charge in [-0.1, -0.05) is 30.3 Å². The number of anilines is 1. The van der Waals surface area contributed by atoms with Gasteiger partial charge in [-0.3, -0.25) is 4.79 Å². The zero-order chi connectivity index (χ0) is 15.2. The Labute approximate surface area is 124 Å². The molecule has 0 bridgehead atoms. The summed E-state index contributed by atoms with van der Waals surface area (Å²) in [5.41, 5.74) is 8.32. The molecular weight excluding hydrogens is 262 g/mol. The van der Waals surface area contributed by atoms with Gasteiger partial charge in [0, 0.05) is 12.7 Å². The molecule has 4 heteroatoms. The average Bonchev–Trinajstić information content (AvgIpc) is 2.54. The highest BCUT2D eigenvalue weighted by atomic mass is 16.2. The first kappa shape index (κ1) is 14.8. The van der Waals surface area contributed by atoms with Gasteiger partial charge in [-0.05, 0) is 36.2 Å². The lowest BCUT2D eigenvalue weighted by molar-refractivity contribution is -0.119. The highest BCUT2D eigenvalue weighted by Gasteiger charge is 2.19. The SMILES string of the molecule is CN(C(=O)[C@@H](N)Cc1ccccc1)c1ccc(C#N)cc1. The lowest BCUT2D eigenvalue weighted by Crippen LogP contribution is -2.43. The number of carbonyl (C=O) groups is 1. The van der Waals surface area contributed by atoms with E-state index in [1.54, 1.807) is 31.3 Å². The summed E-state index contributed by atoms with van der Waals surface area (Å²) in [7, 11) is 1.69. The molecule has 0 heterocycles. The van der Waals surface area contributed by atoms with Crippen molar-refractivity contribution in [1.29, 1.82) is 5.26 Å². The molecule has 0 aliphatic carbocycles. The molecule has 0 aliphatic rings. The fourth-order valence-corrected chi connectivity index (χ4v) is 2.09. The fraction of sp³-hybridized carbons (Fsp3) is 0.176. The van der Waals surface area contributed by atoms with Gasteiger partial charge in [0.15, 0.2) is 0 Å². The van der Waals surface area contributed by atoms with Gasteiger partial charge in [-0.15, -0.1) is 0 Å². The second-order valence-corrected chi connectivity index (χ2v) is 4.85. The third kappa shape index (κ3) is 3.68. The minimum Gasteiger partial charge on any atom is -0.320 e. The van der Waals surface area contributed by atoms with Crippen LogP contribution in [0, 0.1) is 11.3 Å². The van der Waals surface area contributed by atoms with E-state index in [1.807, 2.05) is 36.4 Å². The molecule has 2 rings (SSSR count). The predicted molar refractivity (Wildman–Crippen MR) is 82.7 cm³/mol. The first-order valence-corrected chi connectivity index (χ1v) is 6.69. The number of nitrogens with zero attached hydrogens (tertiary/aromatic N) is 2. The maximum Gasteiger partial charge on any atom is 0.243 e. The van der Waals surface area contributed by atoms with Crippen LogP contribution in [-0.2, 0) is 11.2 Å². The van der Waals surface area contributed by atoms with Crippen LogP contribution < -0.4 is 10.6 Å². The summed E-state index contributed by atoms with van der Waals surface area (Å²) in [6.07, 6.45) is 0.500. The largest absolute Gasteiger partial charge is 0.320 e. The van der Waals surface area contributed by atoms with Crippen molar-refractivity contribution in [1.82, 2.24) is 0 Å². The highest BCUT2D eigenvalue weighted by Crippen LogP contribution is 2.15. The number of benzene rings is 2. The van der Waals surface area contributed by atoms with E-state index in [0.717, 1.165) is 11.3 Å². The molecule has 1 amide bonds. The normalized spacial score (nSPS) is 11.5. The van der Waals surface area contributed by atoms with Crippen LogP contribution in [0.5, 0.6) is 0 Å². The number of nitriles is 1. The van der Waals surface area contributed by atoms with E-state index < -0.39 is 6.04 Å². The molecule has 2 aromatic rings. The summed E-state index contributed by atoms with van der Waals surface area (Å²) in [5, 5.41) is 8.78. The maximum absolute atomic E-state index is 12.3. The predicted octanol–water partition coefficient (Wildman–Crippen LogP) is 2.09. The molecule has 2 aromatic carbocycles. The van der Waals surface area contributed by atoms with Crippen molar-refractivity contribution in [3.8, 4) is 6.07 Å². The van der Waals surface area contributed by atoms with Crippen LogP contribution in [0.2, 0.25) is 0 Å². The number of rotatable bonds is 4. The smallest absolute Gasteiger partial charge is 0.243 e. The molecule has 2 N–H and O–H groups in total. The summed E-state index contributed by atoms with van der Waals surface area (Å²) < 4.78 is 0. The van der Waals surface area contributed by atoms with E-state index in [0.29, 0.717) is 12.0 Å². The van der Waals surface area contributed by atoms with Crippen molar-refractivity contribution in [2.75, 3.05) is 11.9 Å². The molecule has 21 heavy (non-hydrogen) atoms. The van der Waals surface area contributed by atoms with E-state index >= 15 is 0 Å². The molecule has 0 aromatic heterocycles. The van der Waals surface area contributed by atoms with Gasteiger partial charge >= 0.3 is 0 Å². The van der Waals surface area contributed by atoms with E-state index in [-0.39, 0.29) is 5.91 Å². The minimum absolute atomic E-state index is 0.149. The van der Waals surface area contributed by atoms with Crippen molar-refractivity contribution in [2.24, 2.45) is 5.73 Å². The Morgan fingerprint density at radius 1 is 1.19 bits per heavy atom. The van der Waals surface area contributed by atoms with Crippen LogP contribution in [0.4, 0.5) is 5.69 Å². The Morgan fingerprint density at radius 2 is 1.81 bits per heavy atom. The van der Waals surface area contributed by atoms with E-state index in [2.05, 4.69) is 0 Å². The van der Waals surface area contributed by atoms with Crippen LogP contribution >= 0.6 is 0 Å². The van der Waals surface area contributed by atoms with Crippen molar-refractivity contribution >= 4 is 11.6 Å². The molecule has 0 spiro atoms. The zero-order valence-electron chi connectivity index (χ0n) is 11.9. The van der Waals surface area contributed by atoms with Crippen LogP contribution in [-0.4, -0.2) is 19.0 Å². The zero-order valence-corrected chi connectivity index (χ0v) is 11.9. The Bertz CT molecular complexity index is 644. The molecule has 0 saturated carbocycles. The summed E-state index contributed by atoms with van der Waals surface area (Å²) in [5.74, 6) is -0.149. The van der Waals surface area contributed by atoms with Gasteiger partial charge < -0.3 is 10.6 Å². The first-order chi connectivity index (χ1) is 10.1. The van der Waals surface area contributed by atoms with Crippen LogP contribution in [0.1, 0.15) is 11.1 Å². The van der Waals surface area contributed by atoms with Crippen LogP contribution in [0.15, 0.2) is 54.6 Å². The Hall–Kier alpha value is -2.64. The van der Waals surface area contributed by atoms with Gasteiger partial charge in [0.1, 0.15) is 0 Å². The molecule has 4 nitrogen and oxygen atoms in total. The van der Waals surface area contributed by atoms with E-state index in [4.69, 9.17) is 11.0 Å². The monoisotopic (exact) mass is 279 g/mol. The van der Waals surface area contributed by atoms with Crippen molar-refractivity contribution < 1.29 is 4.79 Å². The van der Waals surface area contributed by atoms with Gasteiger partial charge in [0.25, 0.3) is 0 Å². The highest BCUT2D eigenvalue weighted by molar-refractivity contribution is 5.96. The van der Waals surface area contributed by atoms with Crippen molar-refractivity contribution in [3.63, 3.8) is 0 Å². The fourth-order valence-electron chi connectivity index (χ4n) is 2.09. The molecule has 0 saturated heterocycles. The first-order valence-electron chi connectivity index (χ1n) is 6.69. The average molecular weight is 279 g/mol. The Kier molecular flexibility index (Phi) is 4.70. The quantitative estimate of drug-likeness (QED) is 0.931.